The second kappa shape index (κ2) is 8.46. The van der Waals surface area contributed by atoms with Crippen LogP contribution in [0.4, 0.5) is 5.82 Å². The van der Waals surface area contributed by atoms with Crippen molar-refractivity contribution >= 4 is 11.7 Å². The summed E-state index contributed by atoms with van der Waals surface area (Å²) in [6.07, 6.45) is 8.50. The number of amides is 1. The van der Waals surface area contributed by atoms with Gasteiger partial charge in [-0.05, 0) is 36.6 Å². The summed E-state index contributed by atoms with van der Waals surface area (Å²) in [6, 6.07) is 7.47. The lowest BCUT2D eigenvalue weighted by Crippen LogP contribution is -2.25. The van der Waals surface area contributed by atoms with E-state index in [0.29, 0.717) is 18.0 Å². The molecule has 0 aromatic carbocycles. The fourth-order valence-corrected chi connectivity index (χ4v) is 3.01. The van der Waals surface area contributed by atoms with Crippen LogP contribution in [-0.4, -0.2) is 36.1 Å². The van der Waals surface area contributed by atoms with E-state index in [4.69, 9.17) is 4.74 Å². The van der Waals surface area contributed by atoms with E-state index in [1.165, 1.54) is 32.8 Å². The number of carbonyl (C=O) groups excluding carboxylic acids is 1. The SMILES string of the molecule is COc1ncccc1C(=O)NCc1ccc(N2CCCCCC2)nc1. The average Bonchev–Trinajstić information content (AvgIpc) is 2.96. The highest BCUT2D eigenvalue weighted by Crippen LogP contribution is 2.18. The van der Waals surface area contributed by atoms with E-state index < -0.39 is 0 Å². The number of nitrogens with zero attached hydrogens (tertiary/aromatic N) is 3. The summed E-state index contributed by atoms with van der Waals surface area (Å²) in [5.41, 5.74) is 1.40. The van der Waals surface area contributed by atoms with Gasteiger partial charge in [-0.25, -0.2) is 9.97 Å². The van der Waals surface area contributed by atoms with Gasteiger partial charge < -0.3 is 15.0 Å². The van der Waals surface area contributed by atoms with E-state index >= 15 is 0 Å². The molecule has 1 amide bonds. The molecule has 6 nitrogen and oxygen atoms in total. The van der Waals surface area contributed by atoms with Gasteiger partial charge >= 0.3 is 0 Å². The largest absolute Gasteiger partial charge is 0.480 e. The van der Waals surface area contributed by atoms with Gasteiger partial charge in [-0.1, -0.05) is 18.9 Å². The van der Waals surface area contributed by atoms with Gasteiger partial charge in [0.05, 0.1) is 7.11 Å². The molecule has 2 aromatic heterocycles. The number of nitrogens with one attached hydrogen (secondary N) is 1. The molecule has 0 saturated carbocycles. The number of anilines is 1. The van der Waals surface area contributed by atoms with Gasteiger partial charge in [-0.15, -0.1) is 0 Å². The Morgan fingerprint density at radius 2 is 1.96 bits per heavy atom. The van der Waals surface area contributed by atoms with Crippen molar-refractivity contribution in [3.05, 3.63) is 47.8 Å². The Balaban J connectivity index is 1.59. The monoisotopic (exact) mass is 340 g/mol. The molecule has 0 spiro atoms. The highest BCUT2D eigenvalue weighted by atomic mass is 16.5. The smallest absolute Gasteiger partial charge is 0.257 e. The summed E-state index contributed by atoms with van der Waals surface area (Å²) in [6.45, 7) is 2.57. The summed E-state index contributed by atoms with van der Waals surface area (Å²) >= 11 is 0. The van der Waals surface area contributed by atoms with E-state index in [9.17, 15) is 4.79 Å². The van der Waals surface area contributed by atoms with Crippen molar-refractivity contribution < 1.29 is 9.53 Å². The Kier molecular flexibility index (Phi) is 5.82. The zero-order valence-electron chi connectivity index (χ0n) is 14.6. The van der Waals surface area contributed by atoms with E-state index in [2.05, 4.69) is 20.2 Å². The first kappa shape index (κ1) is 17.2. The van der Waals surface area contributed by atoms with Crippen LogP contribution in [0.25, 0.3) is 0 Å². The number of hydrogen-bond acceptors (Lipinski definition) is 5. The lowest BCUT2D eigenvalue weighted by atomic mass is 10.2. The summed E-state index contributed by atoms with van der Waals surface area (Å²) in [5.74, 6) is 1.14. The van der Waals surface area contributed by atoms with Crippen LogP contribution in [0.15, 0.2) is 36.7 Å². The molecule has 1 aliphatic heterocycles. The van der Waals surface area contributed by atoms with Gasteiger partial charge in [0.25, 0.3) is 5.91 Å². The minimum atomic E-state index is -0.207. The molecule has 3 heterocycles. The molecule has 1 fully saturated rings. The van der Waals surface area contributed by atoms with E-state index in [-0.39, 0.29) is 5.91 Å². The Morgan fingerprint density at radius 1 is 1.16 bits per heavy atom. The number of aromatic nitrogens is 2. The molecule has 0 atom stereocenters. The van der Waals surface area contributed by atoms with Crippen LogP contribution in [0.1, 0.15) is 41.6 Å². The van der Waals surface area contributed by atoms with Gasteiger partial charge in [0.2, 0.25) is 5.88 Å². The van der Waals surface area contributed by atoms with E-state index in [1.54, 1.807) is 18.3 Å². The predicted molar refractivity (Wildman–Crippen MR) is 96.9 cm³/mol. The van der Waals surface area contributed by atoms with Crippen LogP contribution in [0.2, 0.25) is 0 Å². The minimum absolute atomic E-state index is 0.207. The first-order valence-corrected chi connectivity index (χ1v) is 8.75. The lowest BCUT2D eigenvalue weighted by Gasteiger charge is -2.21. The maximum absolute atomic E-state index is 12.3. The summed E-state index contributed by atoms with van der Waals surface area (Å²) in [5, 5.41) is 2.89. The summed E-state index contributed by atoms with van der Waals surface area (Å²) in [7, 11) is 1.50. The molecule has 0 unspecified atom stereocenters. The minimum Gasteiger partial charge on any atom is -0.480 e. The van der Waals surface area contributed by atoms with Gasteiger partial charge in [-0.3, -0.25) is 4.79 Å². The maximum atomic E-state index is 12.3. The highest BCUT2D eigenvalue weighted by Gasteiger charge is 2.13. The van der Waals surface area contributed by atoms with Crippen LogP contribution >= 0.6 is 0 Å². The Bertz CT molecular complexity index is 695. The number of rotatable bonds is 5. The van der Waals surface area contributed by atoms with Crippen molar-refractivity contribution in [2.75, 3.05) is 25.1 Å². The molecule has 25 heavy (non-hydrogen) atoms. The van der Waals surface area contributed by atoms with Crippen LogP contribution in [0.3, 0.4) is 0 Å². The standard InChI is InChI=1S/C19H24N4O2/c1-25-19-16(7-6-10-20-19)18(24)22-14-15-8-9-17(21-13-15)23-11-4-2-3-5-12-23/h6-10,13H,2-5,11-12,14H2,1H3,(H,22,24). The summed E-state index contributed by atoms with van der Waals surface area (Å²) < 4.78 is 5.12. The number of hydrogen-bond donors (Lipinski definition) is 1. The van der Waals surface area contributed by atoms with Crippen LogP contribution in [-0.2, 0) is 6.54 Å². The third-order valence-electron chi connectivity index (χ3n) is 4.40. The maximum Gasteiger partial charge on any atom is 0.257 e. The molecule has 2 aromatic rings. The Hall–Kier alpha value is -2.63. The Labute approximate surface area is 148 Å². The van der Waals surface area contributed by atoms with Crippen molar-refractivity contribution in [3.8, 4) is 5.88 Å². The van der Waals surface area contributed by atoms with E-state index in [1.807, 2.05) is 18.3 Å². The van der Waals surface area contributed by atoms with Crippen LogP contribution in [0, 0.1) is 0 Å². The highest BCUT2D eigenvalue weighted by molar-refractivity contribution is 5.96. The van der Waals surface area contributed by atoms with Crippen LogP contribution in [0.5, 0.6) is 5.88 Å². The number of pyridine rings is 2. The number of ether oxygens (including phenoxy) is 1. The molecule has 0 aliphatic carbocycles. The molecular formula is C19H24N4O2. The third kappa shape index (κ3) is 4.47. The summed E-state index contributed by atoms with van der Waals surface area (Å²) in [4.78, 5) is 23.2. The first-order chi connectivity index (χ1) is 12.3. The van der Waals surface area contributed by atoms with Crippen LogP contribution < -0.4 is 15.0 Å². The number of methoxy groups -OCH3 is 1. The second-order valence-corrected chi connectivity index (χ2v) is 6.17. The Morgan fingerprint density at radius 3 is 2.64 bits per heavy atom. The molecule has 0 bridgehead atoms. The molecule has 3 rings (SSSR count). The average molecular weight is 340 g/mol. The molecule has 0 radical (unpaired) electrons. The molecule has 1 saturated heterocycles. The topological polar surface area (TPSA) is 67.3 Å². The van der Waals surface area contributed by atoms with Crippen molar-refractivity contribution in [3.63, 3.8) is 0 Å². The van der Waals surface area contributed by atoms with Gasteiger partial charge in [0.1, 0.15) is 11.4 Å². The normalized spacial score (nSPS) is 14.7. The van der Waals surface area contributed by atoms with Crippen molar-refractivity contribution in [1.82, 2.24) is 15.3 Å². The van der Waals surface area contributed by atoms with Gasteiger partial charge in [-0.2, -0.15) is 0 Å². The van der Waals surface area contributed by atoms with Crippen molar-refractivity contribution in [2.45, 2.75) is 32.2 Å². The fraction of sp³-hybridized carbons (Fsp3) is 0.421. The molecule has 1 aliphatic rings. The fourth-order valence-electron chi connectivity index (χ4n) is 3.01. The van der Waals surface area contributed by atoms with Crippen molar-refractivity contribution in [1.29, 1.82) is 0 Å². The van der Waals surface area contributed by atoms with Crippen molar-refractivity contribution in [2.24, 2.45) is 0 Å². The number of carbonyl (C=O) groups is 1. The third-order valence-corrected chi connectivity index (χ3v) is 4.40. The second-order valence-electron chi connectivity index (χ2n) is 6.17. The zero-order valence-corrected chi connectivity index (χ0v) is 14.6. The first-order valence-electron chi connectivity index (χ1n) is 8.75. The molecule has 1 N–H and O–H groups in total. The predicted octanol–water partition coefficient (Wildman–Crippen LogP) is 2.80. The van der Waals surface area contributed by atoms with Gasteiger partial charge in [0, 0.05) is 32.0 Å². The molecular weight excluding hydrogens is 316 g/mol. The molecule has 132 valence electrons. The molecule has 6 heteroatoms. The van der Waals surface area contributed by atoms with Gasteiger partial charge in [0.15, 0.2) is 0 Å². The van der Waals surface area contributed by atoms with E-state index in [0.717, 1.165) is 24.5 Å². The zero-order chi connectivity index (χ0) is 17.5. The lowest BCUT2D eigenvalue weighted by molar-refractivity contribution is 0.0947. The quantitative estimate of drug-likeness (QED) is 0.906.